The molecule has 8 nitrogen and oxygen atoms in total. The maximum absolute atomic E-state index is 15.1. The number of carbonyl (C=O) groups excluding carboxylic acids is 1. The van der Waals surface area contributed by atoms with E-state index in [4.69, 9.17) is 9.47 Å². The summed E-state index contributed by atoms with van der Waals surface area (Å²) in [6, 6.07) is 8.41. The molecular weight excluding hydrogens is 420 g/mol. The fourth-order valence-corrected chi connectivity index (χ4v) is 4.12. The summed E-state index contributed by atoms with van der Waals surface area (Å²) in [5.41, 5.74) is 4.17. The highest BCUT2D eigenvalue weighted by molar-refractivity contribution is 6.08. The third kappa shape index (κ3) is 2.64. The maximum Gasteiger partial charge on any atom is 0.256 e. The van der Waals surface area contributed by atoms with Crippen LogP contribution in [0.4, 0.5) is 20.2 Å². The van der Waals surface area contributed by atoms with Crippen molar-refractivity contribution in [3.8, 4) is 28.8 Å². The number of hydrogen-bond acceptors (Lipinski definition) is 6. The minimum absolute atomic E-state index is 0.248. The molecule has 0 saturated heterocycles. The van der Waals surface area contributed by atoms with E-state index in [1.54, 1.807) is 18.2 Å². The molecule has 1 amide bonds. The van der Waals surface area contributed by atoms with Crippen LogP contribution in [0.2, 0.25) is 0 Å². The number of methoxy groups -OCH3 is 2. The largest absolute Gasteiger partial charge is 0.493 e. The summed E-state index contributed by atoms with van der Waals surface area (Å²) in [5.74, 6) is -3.01. The lowest BCUT2D eigenvalue weighted by atomic mass is 9.88. The molecule has 2 aromatic carbocycles. The minimum atomic E-state index is -1.02. The summed E-state index contributed by atoms with van der Waals surface area (Å²) in [6.07, 6.45) is 2.48. The monoisotopic (exact) mass is 437 g/mol. The SMILES string of the molecule is COc1cc(OC)c(F)c(N2Nc3ccc(-c4[nH]ncc4C#N)cc3C3(CC3)C2=O)c1F. The van der Waals surface area contributed by atoms with Gasteiger partial charge < -0.3 is 9.47 Å². The number of fused-ring (bicyclic) bond motifs is 2. The Labute approximate surface area is 181 Å². The molecule has 1 fully saturated rings. The van der Waals surface area contributed by atoms with Crippen LogP contribution in [-0.2, 0) is 10.2 Å². The van der Waals surface area contributed by atoms with E-state index in [0.29, 0.717) is 40.9 Å². The highest BCUT2D eigenvalue weighted by Gasteiger charge is 2.58. The Balaban J connectivity index is 1.64. The van der Waals surface area contributed by atoms with Crippen LogP contribution in [0.3, 0.4) is 0 Å². The fourth-order valence-electron chi connectivity index (χ4n) is 4.12. The first-order valence-electron chi connectivity index (χ1n) is 9.74. The Hall–Kier alpha value is -4.13. The Morgan fingerprint density at radius 2 is 1.84 bits per heavy atom. The zero-order chi connectivity index (χ0) is 22.6. The smallest absolute Gasteiger partial charge is 0.256 e. The first-order valence-corrected chi connectivity index (χ1v) is 9.74. The quantitative estimate of drug-likeness (QED) is 0.646. The molecule has 10 heteroatoms. The number of nitrogens with zero attached hydrogens (tertiary/aromatic N) is 3. The van der Waals surface area contributed by atoms with E-state index in [1.807, 2.05) is 0 Å². The average molecular weight is 437 g/mol. The Morgan fingerprint density at radius 1 is 1.16 bits per heavy atom. The van der Waals surface area contributed by atoms with Crippen LogP contribution in [0.1, 0.15) is 24.0 Å². The molecule has 1 spiro atoms. The number of amides is 1. The van der Waals surface area contributed by atoms with E-state index in [2.05, 4.69) is 21.7 Å². The number of nitriles is 1. The van der Waals surface area contributed by atoms with Crippen molar-refractivity contribution in [3.63, 3.8) is 0 Å². The molecule has 0 atom stereocenters. The standard InChI is InChI=1S/C22H17F2N5O3/c1-31-15-8-16(32-2)18(24)20(17(15)23)29-21(30)22(5-6-22)13-7-11(3-4-14(13)28-29)19-12(9-25)10-26-27-19/h3-4,7-8,10,28H,5-6H2,1-2H3,(H,26,27). The molecule has 2 aliphatic rings. The van der Waals surface area contributed by atoms with Crippen molar-refractivity contribution in [1.29, 1.82) is 5.26 Å². The van der Waals surface area contributed by atoms with Crippen molar-refractivity contribution in [2.75, 3.05) is 24.7 Å². The topological polar surface area (TPSA) is 103 Å². The summed E-state index contributed by atoms with van der Waals surface area (Å²) < 4.78 is 40.2. The number of aromatic nitrogens is 2. The van der Waals surface area contributed by atoms with Gasteiger partial charge in [-0.1, -0.05) is 6.07 Å². The molecule has 3 aromatic rings. The second-order valence-corrected chi connectivity index (χ2v) is 7.62. The van der Waals surface area contributed by atoms with Gasteiger partial charge in [0.25, 0.3) is 5.91 Å². The van der Waals surface area contributed by atoms with Crippen LogP contribution in [0.15, 0.2) is 30.5 Å². The lowest BCUT2D eigenvalue weighted by Crippen LogP contribution is -2.48. The van der Waals surface area contributed by atoms with Gasteiger partial charge in [-0.25, -0.2) is 13.8 Å². The minimum Gasteiger partial charge on any atom is -0.493 e. The fraction of sp³-hybridized carbons (Fsp3) is 0.227. The van der Waals surface area contributed by atoms with Crippen molar-refractivity contribution >= 4 is 17.3 Å². The van der Waals surface area contributed by atoms with E-state index < -0.39 is 28.6 Å². The Kier molecular flexibility index (Phi) is 4.30. The molecule has 0 radical (unpaired) electrons. The molecule has 2 heterocycles. The normalized spacial score (nSPS) is 15.7. The number of hydrogen-bond donors (Lipinski definition) is 2. The van der Waals surface area contributed by atoms with Gasteiger partial charge in [-0.15, -0.1) is 0 Å². The van der Waals surface area contributed by atoms with Crippen molar-refractivity contribution in [2.45, 2.75) is 18.3 Å². The van der Waals surface area contributed by atoms with Crippen LogP contribution in [-0.4, -0.2) is 30.3 Å². The number of hydrazine groups is 1. The lowest BCUT2D eigenvalue weighted by Gasteiger charge is -2.36. The predicted octanol–water partition coefficient (Wildman–Crippen LogP) is 3.65. The average Bonchev–Trinajstić information content (AvgIpc) is 3.46. The van der Waals surface area contributed by atoms with Gasteiger partial charge in [0.15, 0.2) is 23.1 Å². The molecule has 5 rings (SSSR count). The number of benzene rings is 2. The molecule has 1 aliphatic heterocycles. The molecule has 1 saturated carbocycles. The van der Waals surface area contributed by atoms with E-state index >= 15 is 8.78 Å². The molecule has 32 heavy (non-hydrogen) atoms. The van der Waals surface area contributed by atoms with Gasteiger partial charge in [-0.05, 0) is 30.5 Å². The van der Waals surface area contributed by atoms with Gasteiger partial charge in [-0.3, -0.25) is 15.3 Å². The van der Waals surface area contributed by atoms with Crippen molar-refractivity contribution in [2.24, 2.45) is 0 Å². The van der Waals surface area contributed by atoms with E-state index in [-0.39, 0.29) is 11.5 Å². The van der Waals surface area contributed by atoms with Gasteiger partial charge in [0.05, 0.1) is 42.8 Å². The zero-order valence-electron chi connectivity index (χ0n) is 17.1. The maximum atomic E-state index is 15.1. The molecule has 1 aliphatic carbocycles. The summed E-state index contributed by atoms with van der Waals surface area (Å²) in [5, 5.41) is 16.9. The molecule has 0 unspecified atom stereocenters. The van der Waals surface area contributed by atoms with Crippen molar-refractivity contribution in [1.82, 2.24) is 10.2 Å². The molecule has 0 bridgehead atoms. The number of nitrogens with one attached hydrogen (secondary N) is 2. The third-order valence-electron chi connectivity index (χ3n) is 5.95. The van der Waals surface area contributed by atoms with Crippen molar-refractivity contribution < 1.29 is 23.0 Å². The lowest BCUT2D eigenvalue weighted by molar-refractivity contribution is -0.121. The highest BCUT2D eigenvalue weighted by atomic mass is 19.1. The second kappa shape index (κ2) is 6.95. The molecule has 2 N–H and O–H groups in total. The predicted molar refractivity (Wildman–Crippen MR) is 110 cm³/mol. The van der Waals surface area contributed by atoms with Gasteiger partial charge in [0.2, 0.25) is 0 Å². The number of carbonyl (C=O) groups is 1. The van der Waals surface area contributed by atoms with E-state index in [9.17, 15) is 10.1 Å². The first kappa shape index (κ1) is 19.8. The van der Waals surface area contributed by atoms with Gasteiger partial charge in [0, 0.05) is 11.6 Å². The van der Waals surface area contributed by atoms with Gasteiger partial charge in [-0.2, -0.15) is 10.4 Å². The van der Waals surface area contributed by atoms with Crippen LogP contribution in [0.25, 0.3) is 11.3 Å². The number of H-pyrrole nitrogens is 1. The van der Waals surface area contributed by atoms with Crippen LogP contribution >= 0.6 is 0 Å². The number of aromatic amines is 1. The van der Waals surface area contributed by atoms with Crippen LogP contribution < -0.4 is 19.9 Å². The van der Waals surface area contributed by atoms with Crippen LogP contribution in [0.5, 0.6) is 11.5 Å². The molecular formula is C22H17F2N5O3. The van der Waals surface area contributed by atoms with E-state index in [0.717, 1.165) is 11.1 Å². The molecule has 1 aromatic heterocycles. The number of halogens is 2. The summed E-state index contributed by atoms with van der Waals surface area (Å²) in [4.78, 5) is 13.5. The van der Waals surface area contributed by atoms with Crippen molar-refractivity contribution in [3.05, 3.63) is 53.2 Å². The molecule has 162 valence electrons. The van der Waals surface area contributed by atoms with Gasteiger partial charge in [0.1, 0.15) is 11.8 Å². The zero-order valence-corrected chi connectivity index (χ0v) is 17.1. The first-order chi connectivity index (χ1) is 15.4. The Morgan fingerprint density at radius 3 is 2.44 bits per heavy atom. The van der Waals surface area contributed by atoms with E-state index in [1.165, 1.54) is 20.4 Å². The third-order valence-corrected chi connectivity index (χ3v) is 5.95. The van der Waals surface area contributed by atoms with Gasteiger partial charge >= 0.3 is 0 Å². The number of ether oxygens (including phenoxy) is 2. The number of anilines is 2. The Bertz CT molecular complexity index is 1280. The summed E-state index contributed by atoms with van der Waals surface area (Å²) in [6.45, 7) is 0. The summed E-state index contributed by atoms with van der Waals surface area (Å²) in [7, 11) is 2.49. The second-order valence-electron chi connectivity index (χ2n) is 7.62. The number of rotatable bonds is 4. The summed E-state index contributed by atoms with van der Waals surface area (Å²) >= 11 is 0. The highest BCUT2D eigenvalue weighted by Crippen LogP contribution is 2.56. The van der Waals surface area contributed by atoms with Crippen LogP contribution in [0, 0.1) is 23.0 Å².